The molecule has 3 rings (SSSR count). The average molecular weight is 236 g/mol. The summed E-state index contributed by atoms with van der Waals surface area (Å²) in [5.74, 6) is 0. The van der Waals surface area contributed by atoms with Gasteiger partial charge in [0, 0.05) is 23.9 Å². The maximum Gasteiger partial charge on any atom is 0.0454 e. The van der Waals surface area contributed by atoms with Crippen LogP contribution in [0.15, 0.2) is 54.7 Å². The van der Waals surface area contributed by atoms with Crippen molar-refractivity contribution in [3.63, 3.8) is 0 Å². The molecule has 0 aliphatic heterocycles. The molecule has 0 unspecified atom stereocenters. The Morgan fingerprint density at radius 3 is 2.67 bits per heavy atom. The van der Waals surface area contributed by atoms with Crippen molar-refractivity contribution in [2.24, 2.45) is 0 Å². The van der Waals surface area contributed by atoms with Crippen molar-refractivity contribution in [1.29, 1.82) is 0 Å². The summed E-state index contributed by atoms with van der Waals surface area (Å²) >= 11 is 0. The second-order valence-corrected chi connectivity index (χ2v) is 4.62. The number of aromatic nitrogens is 1. The molecule has 0 aliphatic carbocycles. The summed E-state index contributed by atoms with van der Waals surface area (Å²) < 4.78 is 0. The minimum absolute atomic E-state index is 0.851. The van der Waals surface area contributed by atoms with Gasteiger partial charge in [-0.2, -0.15) is 0 Å². The topological polar surface area (TPSA) is 27.8 Å². The third-order valence-electron chi connectivity index (χ3n) is 3.17. The van der Waals surface area contributed by atoms with Crippen LogP contribution >= 0.6 is 0 Å². The first-order valence-corrected chi connectivity index (χ1v) is 6.18. The van der Waals surface area contributed by atoms with Crippen LogP contribution in [0.1, 0.15) is 11.1 Å². The van der Waals surface area contributed by atoms with E-state index in [2.05, 4.69) is 65.8 Å². The molecule has 1 heterocycles. The highest BCUT2D eigenvalue weighted by atomic mass is 14.9. The molecule has 2 nitrogen and oxygen atoms in total. The molecule has 3 aromatic rings. The minimum atomic E-state index is 0.851. The standard InChI is InChI=1S/C16H16N2/c1-12-2-5-15(6-3-12)18-11-13-4-7-16-14(10-13)8-9-17-16/h2-10,17-18H,11H2,1H3. The van der Waals surface area contributed by atoms with Gasteiger partial charge in [-0.05, 0) is 48.2 Å². The first-order valence-electron chi connectivity index (χ1n) is 6.18. The number of benzene rings is 2. The SMILES string of the molecule is Cc1ccc(NCc2ccc3[nH]ccc3c2)cc1. The molecule has 0 amide bonds. The van der Waals surface area contributed by atoms with Crippen molar-refractivity contribution in [2.75, 3.05) is 5.32 Å². The van der Waals surface area contributed by atoms with Gasteiger partial charge in [0.25, 0.3) is 0 Å². The summed E-state index contributed by atoms with van der Waals surface area (Å²) in [6, 6.07) is 17.1. The Bertz CT molecular complexity index is 650. The Balaban J connectivity index is 1.74. The number of hydrogen-bond acceptors (Lipinski definition) is 1. The van der Waals surface area contributed by atoms with E-state index in [1.165, 1.54) is 22.0 Å². The average Bonchev–Trinajstić information content (AvgIpc) is 2.85. The zero-order valence-electron chi connectivity index (χ0n) is 10.4. The fourth-order valence-corrected chi connectivity index (χ4v) is 2.09. The molecule has 0 atom stereocenters. The lowest BCUT2D eigenvalue weighted by Gasteiger charge is -2.07. The number of aromatic amines is 1. The summed E-state index contributed by atoms with van der Waals surface area (Å²) in [7, 11) is 0. The first kappa shape index (κ1) is 10.9. The van der Waals surface area contributed by atoms with E-state index in [1.807, 2.05) is 6.20 Å². The Morgan fingerprint density at radius 1 is 1.00 bits per heavy atom. The zero-order valence-corrected chi connectivity index (χ0v) is 10.4. The van der Waals surface area contributed by atoms with Crippen LogP contribution in [-0.4, -0.2) is 4.98 Å². The maximum atomic E-state index is 3.43. The summed E-state index contributed by atoms with van der Waals surface area (Å²) in [4.78, 5) is 3.21. The van der Waals surface area contributed by atoms with Crippen LogP contribution in [0.25, 0.3) is 10.9 Å². The molecule has 2 aromatic carbocycles. The van der Waals surface area contributed by atoms with Gasteiger partial charge >= 0.3 is 0 Å². The lowest BCUT2D eigenvalue weighted by Crippen LogP contribution is -1.98. The third-order valence-corrected chi connectivity index (χ3v) is 3.17. The smallest absolute Gasteiger partial charge is 0.0454 e. The quantitative estimate of drug-likeness (QED) is 0.704. The van der Waals surface area contributed by atoms with Crippen molar-refractivity contribution in [3.05, 3.63) is 65.9 Å². The van der Waals surface area contributed by atoms with Gasteiger partial charge in [-0.1, -0.05) is 23.8 Å². The van der Waals surface area contributed by atoms with Crippen LogP contribution in [0.4, 0.5) is 5.69 Å². The van der Waals surface area contributed by atoms with E-state index < -0.39 is 0 Å². The number of anilines is 1. The maximum absolute atomic E-state index is 3.43. The van der Waals surface area contributed by atoms with Crippen molar-refractivity contribution >= 4 is 16.6 Å². The second-order valence-electron chi connectivity index (χ2n) is 4.62. The third kappa shape index (κ3) is 2.23. The fourth-order valence-electron chi connectivity index (χ4n) is 2.09. The highest BCUT2D eigenvalue weighted by molar-refractivity contribution is 5.79. The lowest BCUT2D eigenvalue weighted by atomic mass is 10.1. The number of aryl methyl sites for hydroxylation is 1. The molecular weight excluding hydrogens is 220 g/mol. The summed E-state index contributed by atoms with van der Waals surface area (Å²) in [5.41, 5.74) is 4.93. The van der Waals surface area contributed by atoms with E-state index in [1.54, 1.807) is 0 Å². The van der Waals surface area contributed by atoms with E-state index in [4.69, 9.17) is 0 Å². The van der Waals surface area contributed by atoms with E-state index >= 15 is 0 Å². The number of rotatable bonds is 3. The highest BCUT2D eigenvalue weighted by Gasteiger charge is 1.97. The van der Waals surface area contributed by atoms with Gasteiger partial charge in [-0.25, -0.2) is 0 Å². The molecule has 0 bridgehead atoms. The molecule has 0 saturated carbocycles. The Labute approximate surface area is 107 Å². The van der Waals surface area contributed by atoms with Gasteiger partial charge in [0.05, 0.1) is 0 Å². The van der Waals surface area contributed by atoms with Crippen LogP contribution in [0.3, 0.4) is 0 Å². The molecule has 18 heavy (non-hydrogen) atoms. The van der Waals surface area contributed by atoms with Gasteiger partial charge in [0.2, 0.25) is 0 Å². The van der Waals surface area contributed by atoms with E-state index in [9.17, 15) is 0 Å². The van der Waals surface area contributed by atoms with Crippen LogP contribution in [0.5, 0.6) is 0 Å². The second kappa shape index (κ2) is 4.57. The highest BCUT2D eigenvalue weighted by Crippen LogP contribution is 2.16. The van der Waals surface area contributed by atoms with Gasteiger partial charge in [-0.15, -0.1) is 0 Å². The lowest BCUT2D eigenvalue weighted by molar-refractivity contribution is 1.15. The molecule has 0 spiro atoms. The van der Waals surface area contributed by atoms with Gasteiger partial charge < -0.3 is 10.3 Å². The predicted molar refractivity (Wildman–Crippen MR) is 76.8 cm³/mol. The van der Waals surface area contributed by atoms with E-state index in [0.29, 0.717) is 0 Å². The van der Waals surface area contributed by atoms with E-state index in [0.717, 1.165) is 12.2 Å². The number of H-pyrrole nitrogens is 1. The largest absolute Gasteiger partial charge is 0.381 e. The molecule has 2 N–H and O–H groups in total. The Hall–Kier alpha value is -2.22. The number of hydrogen-bond donors (Lipinski definition) is 2. The summed E-state index contributed by atoms with van der Waals surface area (Å²) in [5, 5.41) is 4.70. The van der Waals surface area contributed by atoms with Crippen LogP contribution in [0, 0.1) is 6.92 Å². The fraction of sp³-hybridized carbons (Fsp3) is 0.125. The molecule has 1 aromatic heterocycles. The van der Waals surface area contributed by atoms with Crippen molar-refractivity contribution in [2.45, 2.75) is 13.5 Å². The van der Waals surface area contributed by atoms with Crippen molar-refractivity contribution in [1.82, 2.24) is 4.98 Å². The monoisotopic (exact) mass is 236 g/mol. The molecule has 0 aliphatic rings. The predicted octanol–water partition coefficient (Wildman–Crippen LogP) is 4.09. The van der Waals surface area contributed by atoms with E-state index in [-0.39, 0.29) is 0 Å². The number of fused-ring (bicyclic) bond motifs is 1. The normalized spacial score (nSPS) is 10.7. The van der Waals surface area contributed by atoms with Crippen LogP contribution in [-0.2, 0) is 6.54 Å². The Kier molecular flexibility index (Phi) is 2.77. The summed E-state index contributed by atoms with van der Waals surface area (Å²) in [6.45, 7) is 2.95. The van der Waals surface area contributed by atoms with Gasteiger partial charge in [0.15, 0.2) is 0 Å². The molecule has 0 fully saturated rings. The van der Waals surface area contributed by atoms with Crippen molar-refractivity contribution < 1.29 is 0 Å². The zero-order chi connectivity index (χ0) is 12.4. The summed E-state index contributed by atoms with van der Waals surface area (Å²) in [6.07, 6.45) is 1.97. The molecule has 0 saturated heterocycles. The van der Waals surface area contributed by atoms with Crippen LogP contribution in [0.2, 0.25) is 0 Å². The molecule has 0 radical (unpaired) electrons. The number of nitrogens with one attached hydrogen (secondary N) is 2. The van der Waals surface area contributed by atoms with Crippen molar-refractivity contribution in [3.8, 4) is 0 Å². The molecule has 2 heteroatoms. The first-order chi connectivity index (χ1) is 8.81. The van der Waals surface area contributed by atoms with Gasteiger partial charge in [-0.3, -0.25) is 0 Å². The van der Waals surface area contributed by atoms with Gasteiger partial charge in [0.1, 0.15) is 0 Å². The Morgan fingerprint density at radius 2 is 1.83 bits per heavy atom. The van der Waals surface area contributed by atoms with Crippen LogP contribution < -0.4 is 5.32 Å². The molecular formula is C16H16N2. The minimum Gasteiger partial charge on any atom is -0.381 e. The molecule has 90 valence electrons.